The van der Waals surface area contributed by atoms with Crippen LogP contribution in [-0.2, 0) is 75.9 Å². The number of hydrogen-bond acceptors (Lipinski definition) is 18. The number of rotatable bonds is 56. The number of carbonyl (C=O) groups excluding carboxylic acids is 3. The van der Waals surface area contributed by atoms with Crippen LogP contribution in [0, 0.1) is 0 Å². The van der Waals surface area contributed by atoms with Crippen molar-refractivity contribution in [2.75, 3.05) is 210 Å². The number of halogens is 1. The zero-order valence-electron chi connectivity index (χ0n) is 41.9. The summed E-state index contributed by atoms with van der Waals surface area (Å²) in [6.07, 6.45) is 7.98. The summed E-state index contributed by atoms with van der Waals surface area (Å²) in [5, 5.41) is 12.1. The smallest absolute Gasteiger partial charge is 0.315 e. The molecule has 2 heterocycles. The molecule has 0 unspecified atom stereocenters. The first-order valence-corrected chi connectivity index (χ1v) is 27.0. The Morgan fingerprint density at radius 2 is 0.786 bits per heavy atom. The molecule has 2 aliphatic heterocycles. The van der Waals surface area contributed by atoms with Crippen LogP contribution in [0.4, 0.5) is 4.79 Å². The van der Waals surface area contributed by atoms with Gasteiger partial charge in [0, 0.05) is 49.4 Å². The minimum absolute atomic E-state index is 0.0385. The summed E-state index contributed by atoms with van der Waals surface area (Å²) >= 11 is 7.56. The van der Waals surface area contributed by atoms with E-state index in [4.69, 9.17) is 77.9 Å². The van der Waals surface area contributed by atoms with Crippen LogP contribution in [0.3, 0.4) is 0 Å². The predicted molar refractivity (Wildman–Crippen MR) is 265 cm³/mol. The molecule has 21 nitrogen and oxygen atoms in total. The second-order valence-corrected chi connectivity index (χ2v) is 17.6. The third-order valence-electron chi connectivity index (χ3n) is 10.3. The first-order chi connectivity index (χ1) is 34.6. The van der Waals surface area contributed by atoms with E-state index in [0.717, 1.165) is 63.2 Å². The van der Waals surface area contributed by atoms with Crippen LogP contribution in [0.1, 0.15) is 57.8 Å². The highest BCUT2D eigenvalue weighted by atomic mass is 35.5. The van der Waals surface area contributed by atoms with E-state index >= 15 is 0 Å². The van der Waals surface area contributed by atoms with Gasteiger partial charge in [0.1, 0.15) is 0 Å². The Labute approximate surface area is 426 Å². The highest BCUT2D eigenvalue weighted by Crippen LogP contribution is 2.33. The molecule has 23 heteroatoms. The van der Waals surface area contributed by atoms with E-state index in [2.05, 4.69) is 21.3 Å². The topological polar surface area (TPSA) is 229 Å². The molecule has 2 rings (SSSR count). The fourth-order valence-electron chi connectivity index (χ4n) is 6.64. The van der Waals surface area contributed by atoms with Gasteiger partial charge < -0.3 is 87.6 Å². The lowest BCUT2D eigenvalue weighted by molar-refractivity contribution is -0.123. The maximum atomic E-state index is 12.1. The van der Waals surface area contributed by atoms with Crippen molar-refractivity contribution in [3.05, 3.63) is 0 Å². The summed E-state index contributed by atoms with van der Waals surface area (Å²) < 4.78 is 77.1. The van der Waals surface area contributed by atoms with Gasteiger partial charge in [-0.3, -0.25) is 9.59 Å². The van der Waals surface area contributed by atoms with Crippen molar-refractivity contribution in [3.8, 4) is 0 Å². The van der Waals surface area contributed by atoms with Gasteiger partial charge in [-0.15, -0.1) is 11.6 Å². The van der Waals surface area contributed by atoms with Crippen LogP contribution >= 0.6 is 23.4 Å². The number of nitrogens with one attached hydrogen (secondary N) is 4. The monoisotopic (exact) mass is 1050 g/mol. The molecule has 0 bridgehead atoms. The first-order valence-electron chi connectivity index (χ1n) is 25.5. The van der Waals surface area contributed by atoms with E-state index in [1.54, 1.807) is 0 Å². The fourth-order valence-corrected chi connectivity index (χ4v) is 8.37. The summed E-state index contributed by atoms with van der Waals surface area (Å²) in [6, 6.07) is 0.392. The number of alkyl halides is 1. The van der Waals surface area contributed by atoms with Gasteiger partial charge in [0.25, 0.3) is 0 Å². The van der Waals surface area contributed by atoms with Gasteiger partial charge in [-0.05, 0) is 25.7 Å². The minimum Gasteiger partial charge on any atom is -0.379 e. The van der Waals surface area contributed by atoms with Gasteiger partial charge in [-0.2, -0.15) is 11.8 Å². The second-order valence-electron chi connectivity index (χ2n) is 16.0. The van der Waals surface area contributed by atoms with Gasteiger partial charge in [-0.1, -0.05) is 19.3 Å². The largest absolute Gasteiger partial charge is 0.379 e. The van der Waals surface area contributed by atoms with Crippen LogP contribution in [0.15, 0.2) is 0 Å². The first kappa shape index (κ1) is 64.4. The molecule has 0 aliphatic carbocycles. The molecule has 4 amide bonds. The molecule has 0 aromatic heterocycles. The lowest BCUT2D eigenvalue weighted by Gasteiger charge is -2.16. The summed E-state index contributed by atoms with van der Waals surface area (Å²) in [6.45, 7) is 14.3. The van der Waals surface area contributed by atoms with E-state index in [0.29, 0.717) is 210 Å². The van der Waals surface area contributed by atoms with Gasteiger partial charge in [0.2, 0.25) is 11.8 Å². The van der Waals surface area contributed by atoms with Gasteiger partial charge in [-0.25, -0.2) is 4.79 Å². The average molecular weight is 1050 g/mol. The summed E-state index contributed by atoms with van der Waals surface area (Å²) in [4.78, 5) is 35.4. The van der Waals surface area contributed by atoms with Crippen molar-refractivity contribution in [1.29, 1.82) is 0 Å². The maximum Gasteiger partial charge on any atom is 0.315 e. The SMILES string of the molecule is O=C(CCCC[C@@H]1SC[C@@H]2NC(=O)N[C@@H]21)NCCOCCOCCOCCOCCOCCOCCOCCOCCOCCOCCOCCOCCC(=O)NCCOCCOCCCCCCCl. The minimum atomic E-state index is -0.0713. The van der Waals surface area contributed by atoms with E-state index in [-0.39, 0.29) is 29.9 Å². The number of amides is 4. The van der Waals surface area contributed by atoms with Crippen molar-refractivity contribution < 1.29 is 80.7 Å². The number of carbonyl (C=O) groups is 3. The molecule has 412 valence electrons. The molecule has 0 aromatic rings. The highest BCUT2D eigenvalue weighted by molar-refractivity contribution is 8.00. The molecular formula is C47H89ClN4O17S. The quantitative estimate of drug-likeness (QED) is 0.0390. The average Bonchev–Trinajstić information content (AvgIpc) is 3.92. The highest BCUT2D eigenvalue weighted by Gasteiger charge is 2.42. The number of hydrogen-bond donors (Lipinski definition) is 4. The lowest BCUT2D eigenvalue weighted by atomic mass is 10.0. The van der Waals surface area contributed by atoms with Crippen LogP contribution in [-0.4, -0.2) is 245 Å². The molecule has 70 heavy (non-hydrogen) atoms. The van der Waals surface area contributed by atoms with Gasteiger partial charge in [0.15, 0.2) is 0 Å². The lowest BCUT2D eigenvalue weighted by Crippen LogP contribution is -2.36. The Morgan fingerprint density at radius 1 is 0.429 bits per heavy atom. The van der Waals surface area contributed by atoms with E-state index in [9.17, 15) is 14.4 Å². The molecule has 4 N–H and O–H groups in total. The normalized spacial score (nSPS) is 16.4. The number of fused-ring (bicyclic) bond motifs is 1. The Hall–Kier alpha value is -1.71. The Morgan fingerprint density at radius 3 is 1.20 bits per heavy atom. The molecular weight excluding hydrogens is 960 g/mol. The van der Waals surface area contributed by atoms with Crippen LogP contribution in [0.2, 0.25) is 0 Å². The number of thioether (sulfide) groups is 1. The van der Waals surface area contributed by atoms with Gasteiger partial charge >= 0.3 is 6.03 Å². The van der Waals surface area contributed by atoms with Crippen LogP contribution < -0.4 is 21.3 Å². The van der Waals surface area contributed by atoms with Crippen LogP contribution in [0.5, 0.6) is 0 Å². The summed E-state index contributed by atoms with van der Waals surface area (Å²) in [7, 11) is 0. The Kier molecular flexibility index (Phi) is 46.7. The molecule has 2 aliphatic rings. The standard InChI is InChI=1S/C47H89ClN4O17S/c48-10-5-1-2-6-13-56-17-19-58-16-12-50-45(54)9-14-57-18-21-60-23-25-62-27-29-64-31-33-66-35-37-68-39-40-69-38-36-67-34-32-65-30-28-63-26-24-61-22-20-59-15-11-49-44(53)8-4-3-7-43-46-42(41-70-43)51-47(55)52-46/h42-43,46H,1-41H2,(H,49,53)(H,50,54)(H2,51,52,55)/t42-,43-,46-/m0/s1. The van der Waals surface area contributed by atoms with Crippen molar-refractivity contribution in [1.82, 2.24) is 21.3 Å². The third-order valence-corrected chi connectivity index (χ3v) is 12.1. The molecule has 0 aromatic carbocycles. The molecule has 0 spiro atoms. The number of unbranched alkanes of at least 4 members (excludes halogenated alkanes) is 4. The van der Waals surface area contributed by atoms with E-state index in [1.807, 2.05) is 11.8 Å². The zero-order valence-corrected chi connectivity index (χ0v) is 43.5. The molecule has 2 saturated heterocycles. The van der Waals surface area contributed by atoms with Crippen molar-refractivity contribution in [2.45, 2.75) is 75.1 Å². The van der Waals surface area contributed by atoms with Crippen molar-refractivity contribution in [2.24, 2.45) is 0 Å². The number of ether oxygens (including phenoxy) is 14. The molecule has 0 radical (unpaired) electrons. The molecule has 3 atom stereocenters. The zero-order chi connectivity index (χ0) is 49.9. The van der Waals surface area contributed by atoms with Crippen molar-refractivity contribution in [3.63, 3.8) is 0 Å². The van der Waals surface area contributed by atoms with Crippen molar-refractivity contribution >= 4 is 41.2 Å². The van der Waals surface area contributed by atoms with Crippen LogP contribution in [0.25, 0.3) is 0 Å². The fraction of sp³-hybridized carbons (Fsp3) is 0.936. The summed E-state index contributed by atoms with van der Waals surface area (Å²) in [5.41, 5.74) is 0. The number of urea groups is 1. The Bertz CT molecular complexity index is 1200. The van der Waals surface area contributed by atoms with E-state index < -0.39 is 0 Å². The Balaban J connectivity index is 1.12. The molecule has 0 saturated carbocycles. The molecule has 2 fully saturated rings. The summed E-state index contributed by atoms with van der Waals surface area (Å²) in [5.74, 6) is 1.64. The third kappa shape index (κ3) is 41.7. The van der Waals surface area contributed by atoms with E-state index in [1.165, 1.54) is 0 Å². The predicted octanol–water partition coefficient (Wildman–Crippen LogP) is 2.37. The second kappa shape index (κ2) is 50.8. The maximum absolute atomic E-state index is 12.1. The van der Waals surface area contributed by atoms with Gasteiger partial charge in [0.05, 0.1) is 190 Å².